The van der Waals surface area contributed by atoms with Crippen LogP contribution in [0.3, 0.4) is 0 Å². The molecule has 2 heterocycles. The first-order valence-corrected chi connectivity index (χ1v) is 15.0. The fourth-order valence-corrected chi connectivity index (χ4v) is 6.46. The molecule has 1 aliphatic carbocycles. The van der Waals surface area contributed by atoms with Gasteiger partial charge in [0.15, 0.2) is 5.15 Å². The van der Waals surface area contributed by atoms with E-state index in [1.54, 1.807) is 6.92 Å². The van der Waals surface area contributed by atoms with Gasteiger partial charge in [-0.1, -0.05) is 80.9 Å². The van der Waals surface area contributed by atoms with Crippen molar-refractivity contribution in [2.45, 2.75) is 51.9 Å². The third kappa shape index (κ3) is 6.39. The van der Waals surface area contributed by atoms with Crippen LogP contribution in [0.15, 0.2) is 72.9 Å². The van der Waals surface area contributed by atoms with Crippen molar-refractivity contribution in [3.8, 4) is 22.3 Å². The van der Waals surface area contributed by atoms with Gasteiger partial charge in [0, 0.05) is 30.1 Å². The van der Waals surface area contributed by atoms with Crippen LogP contribution < -0.4 is 5.32 Å². The molecule has 6 rings (SSSR count). The van der Waals surface area contributed by atoms with Gasteiger partial charge in [-0.3, -0.25) is 9.48 Å². The summed E-state index contributed by atoms with van der Waals surface area (Å²) in [6.07, 6.45) is -0.469. The average molecular weight is 650 g/mol. The van der Waals surface area contributed by atoms with E-state index in [0.29, 0.717) is 22.9 Å². The molecule has 0 radical (unpaired) electrons. The molecule has 1 amide bonds. The molecule has 1 atom stereocenters. The Morgan fingerprint density at radius 3 is 2.26 bits per heavy atom. The molecule has 46 heavy (non-hydrogen) atoms. The summed E-state index contributed by atoms with van der Waals surface area (Å²) in [7, 11) is 1.52. The third-order valence-corrected chi connectivity index (χ3v) is 8.35. The lowest BCUT2D eigenvalue weighted by Crippen LogP contribution is -2.16. The van der Waals surface area contributed by atoms with Crippen molar-refractivity contribution in [1.82, 2.24) is 20.0 Å². The summed E-state index contributed by atoms with van der Waals surface area (Å²) in [5.74, 6) is -1.63. The molecule has 0 fully saturated rings. The summed E-state index contributed by atoms with van der Waals surface area (Å²) < 4.78 is 55.8. The molecule has 1 N–H and O–H groups in total. The average Bonchev–Trinajstić information content (AvgIpc) is 3.52. The van der Waals surface area contributed by atoms with E-state index in [1.807, 2.05) is 42.5 Å². The Morgan fingerprint density at radius 1 is 0.957 bits per heavy atom. The maximum absolute atomic E-state index is 14.2. The van der Waals surface area contributed by atoms with Crippen molar-refractivity contribution in [3.05, 3.63) is 118 Å². The second-order valence-corrected chi connectivity index (χ2v) is 12.3. The van der Waals surface area contributed by atoms with Gasteiger partial charge in [0.25, 0.3) is 12.3 Å². The minimum absolute atomic E-state index is 0.0338. The van der Waals surface area contributed by atoms with Crippen LogP contribution in [0.25, 0.3) is 22.3 Å². The molecule has 1 aliphatic rings. The van der Waals surface area contributed by atoms with Gasteiger partial charge in [0.2, 0.25) is 0 Å². The van der Waals surface area contributed by atoms with E-state index < -0.39 is 29.7 Å². The molecule has 238 valence electrons. The molecule has 6 nitrogen and oxygen atoms in total. The van der Waals surface area contributed by atoms with Crippen LogP contribution in [0.4, 0.5) is 23.2 Å². The number of carbonyl (C=O) groups excluding carboxylic acids is 1. The fourth-order valence-electron chi connectivity index (χ4n) is 6.23. The maximum Gasteiger partial charge on any atom is 0.282 e. The Morgan fingerprint density at radius 2 is 1.61 bits per heavy atom. The molecule has 0 aliphatic heterocycles. The Bertz CT molecular complexity index is 1890. The summed E-state index contributed by atoms with van der Waals surface area (Å²) in [6.45, 7) is 8.21. The predicted octanol–water partition coefficient (Wildman–Crippen LogP) is 9.45. The number of aryl methyl sites for hydroxylation is 2. The quantitative estimate of drug-likeness (QED) is 0.193. The summed E-state index contributed by atoms with van der Waals surface area (Å²) in [6, 6.07) is 18.7. The lowest BCUT2D eigenvalue weighted by molar-refractivity contribution is 0.101. The van der Waals surface area contributed by atoms with Crippen LogP contribution in [0, 0.1) is 18.6 Å². The largest absolute Gasteiger partial charge is 0.322 e. The minimum Gasteiger partial charge on any atom is -0.322 e. The summed E-state index contributed by atoms with van der Waals surface area (Å²) in [4.78, 5) is 12.5. The number of benzene rings is 3. The number of fused-ring (bicyclic) bond motifs is 1. The lowest BCUT2D eigenvalue weighted by atomic mass is 9.86. The molecule has 0 bridgehead atoms. The van der Waals surface area contributed by atoms with Gasteiger partial charge in [-0.25, -0.2) is 17.6 Å². The lowest BCUT2D eigenvalue weighted by Gasteiger charge is -2.19. The second kappa shape index (κ2) is 13.0. The highest BCUT2D eigenvalue weighted by Crippen LogP contribution is 2.48. The number of aromatic nitrogens is 4. The number of hydrogen-bond donors (Lipinski definition) is 1. The number of hydrogen-bond acceptors (Lipinski definition) is 4. The smallest absolute Gasteiger partial charge is 0.282 e. The molecular weight excluding hydrogens is 618 g/mol. The highest BCUT2D eigenvalue weighted by Gasteiger charge is 2.36. The third-order valence-electron chi connectivity index (χ3n) is 8.08. The van der Waals surface area contributed by atoms with E-state index in [9.17, 15) is 22.4 Å². The van der Waals surface area contributed by atoms with Crippen LogP contribution in [0.2, 0.25) is 5.15 Å². The van der Waals surface area contributed by atoms with Crippen LogP contribution in [0.5, 0.6) is 0 Å². The van der Waals surface area contributed by atoms with Crippen molar-refractivity contribution >= 4 is 23.2 Å². The van der Waals surface area contributed by atoms with E-state index in [2.05, 4.69) is 47.5 Å². The molecule has 0 saturated carbocycles. The van der Waals surface area contributed by atoms with Gasteiger partial charge in [0.05, 0.1) is 16.8 Å². The highest BCUT2D eigenvalue weighted by atomic mass is 35.5. The van der Waals surface area contributed by atoms with Crippen molar-refractivity contribution in [1.29, 1.82) is 0 Å². The fraction of sp³-hybridized carbons (Fsp3) is 0.257. The number of amides is 1. The normalized spacial score (nSPS) is 14.9. The van der Waals surface area contributed by atoms with Crippen molar-refractivity contribution in [3.63, 3.8) is 0 Å². The van der Waals surface area contributed by atoms with Gasteiger partial charge in [0.1, 0.15) is 17.3 Å². The zero-order valence-electron chi connectivity index (χ0n) is 25.9. The zero-order valence-corrected chi connectivity index (χ0v) is 26.6. The maximum atomic E-state index is 14.2. The Hall–Kier alpha value is -4.57. The second-order valence-electron chi connectivity index (χ2n) is 11.9. The highest BCUT2D eigenvalue weighted by molar-refractivity contribution is 6.32. The Kier molecular flexibility index (Phi) is 9.30. The van der Waals surface area contributed by atoms with Crippen LogP contribution in [-0.4, -0.2) is 25.9 Å². The number of nitrogens with zero attached hydrogens (tertiary/aromatic N) is 4. The van der Waals surface area contributed by atoms with E-state index in [4.69, 9.17) is 11.6 Å². The number of alkyl halides is 2. The standard InChI is InChI=1S/C18H21F2N3O.C17H11ClF2N2/c1-10-8-18(2,3)12-6-5-7-13(14(10)12)21-17(24)11-9-23(4)22-15(11)16(19)20;1-10-14(11-6-3-2-4-7-11)16(17(18)22-21-10)15-12(19)8-5-9-13(15)20/h5-7,9-10,16H,8H2,1-4H3,(H,21,24);2-9H,1H3. The Labute approximate surface area is 269 Å². The van der Waals surface area contributed by atoms with Crippen molar-refractivity contribution in [2.24, 2.45) is 7.05 Å². The Balaban J connectivity index is 0.000000182. The molecule has 0 spiro atoms. The first-order valence-electron chi connectivity index (χ1n) is 14.6. The number of halogens is 5. The van der Waals surface area contributed by atoms with E-state index in [-0.39, 0.29) is 27.3 Å². The predicted molar refractivity (Wildman–Crippen MR) is 171 cm³/mol. The van der Waals surface area contributed by atoms with Crippen LogP contribution >= 0.6 is 11.6 Å². The van der Waals surface area contributed by atoms with E-state index >= 15 is 0 Å². The molecule has 0 saturated heterocycles. The van der Waals surface area contributed by atoms with Gasteiger partial charge in [-0.2, -0.15) is 10.2 Å². The van der Waals surface area contributed by atoms with Crippen molar-refractivity contribution < 1.29 is 22.4 Å². The molecule has 5 aromatic rings. The number of anilines is 1. The monoisotopic (exact) mass is 649 g/mol. The van der Waals surface area contributed by atoms with Gasteiger partial charge in [-0.15, -0.1) is 5.10 Å². The van der Waals surface area contributed by atoms with Gasteiger partial charge >= 0.3 is 0 Å². The number of nitrogens with one attached hydrogen (secondary N) is 1. The first-order chi connectivity index (χ1) is 21.8. The van der Waals surface area contributed by atoms with Gasteiger partial charge < -0.3 is 5.32 Å². The van der Waals surface area contributed by atoms with Crippen LogP contribution in [-0.2, 0) is 12.5 Å². The topological polar surface area (TPSA) is 72.7 Å². The first kappa shape index (κ1) is 32.8. The summed E-state index contributed by atoms with van der Waals surface area (Å²) in [5, 5.41) is 14.2. The van der Waals surface area contributed by atoms with Crippen molar-refractivity contribution in [2.75, 3.05) is 5.32 Å². The van der Waals surface area contributed by atoms with Gasteiger partial charge in [-0.05, 0) is 59.6 Å². The number of rotatable bonds is 5. The molecule has 3 aromatic carbocycles. The zero-order chi connectivity index (χ0) is 33.3. The summed E-state index contributed by atoms with van der Waals surface area (Å²) in [5.41, 5.74) is 4.38. The molecule has 1 unspecified atom stereocenters. The molecule has 11 heteroatoms. The van der Waals surface area contributed by atoms with E-state index in [1.165, 1.54) is 41.7 Å². The minimum atomic E-state index is -2.79. The van der Waals surface area contributed by atoms with Crippen LogP contribution in [0.1, 0.15) is 72.4 Å². The van der Waals surface area contributed by atoms with E-state index in [0.717, 1.165) is 17.5 Å². The SMILES string of the molecule is CC1CC(C)(C)c2cccc(NC(=O)c3cn(C)nc3C(F)F)c21.Cc1nnc(Cl)c(-c2c(F)cccc2F)c1-c1ccccc1. The summed E-state index contributed by atoms with van der Waals surface area (Å²) >= 11 is 6.12. The molecular formula is C35H32ClF4N5O. The number of carbonyl (C=O) groups is 1. The molecule has 2 aromatic heterocycles.